The quantitative estimate of drug-likeness (QED) is 0.196. The van der Waals surface area contributed by atoms with Crippen LogP contribution in [0.4, 0.5) is 0 Å². The van der Waals surface area contributed by atoms with Crippen molar-refractivity contribution in [3.63, 3.8) is 0 Å². The minimum absolute atomic E-state index is 0.0190. The van der Waals surface area contributed by atoms with Gasteiger partial charge in [0.05, 0.1) is 6.61 Å². The van der Waals surface area contributed by atoms with Crippen LogP contribution in [0.1, 0.15) is 27.7 Å². The van der Waals surface area contributed by atoms with Crippen LogP contribution in [0.15, 0.2) is 65.8 Å². The summed E-state index contributed by atoms with van der Waals surface area (Å²) in [5.41, 5.74) is 8.94. The third-order valence-electron chi connectivity index (χ3n) is 6.24. The average Bonchev–Trinajstić information content (AvgIpc) is 2.83. The number of hydrogen-bond donors (Lipinski definition) is 1. The second-order valence-electron chi connectivity index (χ2n) is 9.51. The topological polar surface area (TPSA) is 123 Å². The Morgan fingerprint density at radius 2 is 1.66 bits per heavy atom. The van der Waals surface area contributed by atoms with E-state index in [1.807, 2.05) is 36.4 Å². The van der Waals surface area contributed by atoms with Crippen LogP contribution in [0.5, 0.6) is 0 Å². The molecule has 1 saturated heterocycles. The van der Waals surface area contributed by atoms with E-state index in [1.165, 1.54) is 14.0 Å². The highest BCUT2D eigenvalue weighted by molar-refractivity contribution is 6.99. The molecule has 0 radical (unpaired) electrons. The number of carbonyl (C=O) groups is 1. The molecule has 2 aromatic carbocycles. The number of azide groups is 1. The van der Waals surface area contributed by atoms with Gasteiger partial charge in [0.1, 0.15) is 18.2 Å². The summed E-state index contributed by atoms with van der Waals surface area (Å²) in [6, 6.07) is 19.1. The fourth-order valence-electron chi connectivity index (χ4n) is 4.72. The van der Waals surface area contributed by atoms with Gasteiger partial charge in [0.15, 0.2) is 12.4 Å². The van der Waals surface area contributed by atoms with Crippen LogP contribution in [-0.2, 0) is 23.4 Å². The van der Waals surface area contributed by atoms with Crippen molar-refractivity contribution in [1.82, 2.24) is 0 Å². The Morgan fingerprint density at radius 1 is 1.11 bits per heavy atom. The molecule has 0 aromatic heterocycles. The number of benzene rings is 2. The van der Waals surface area contributed by atoms with E-state index in [4.69, 9.17) is 24.2 Å². The highest BCUT2D eigenvalue weighted by atomic mass is 28.4. The van der Waals surface area contributed by atoms with Crippen LogP contribution in [-0.4, -0.2) is 63.8 Å². The fraction of sp³-hybridized carbons (Fsp3) is 0.480. The second-order valence-corrected chi connectivity index (χ2v) is 13.8. The molecule has 35 heavy (non-hydrogen) atoms. The molecule has 1 N–H and O–H groups in total. The SMILES string of the molecule is CO[C@H]1O[C@@H](CO[Si](c2ccccc2)(c2ccccc2)C(C)(C)C)[C@@H](OC(C)=O)[C@@H](O)[C@@H]1N=[N+]=[N-]. The van der Waals surface area contributed by atoms with Gasteiger partial charge in [-0.1, -0.05) is 86.5 Å². The lowest BCUT2D eigenvalue weighted by Gasteiger charge is -2.46. The molecule has 0 saturated carbocycles. The Labute approximate surface area is 206 Å². The summed E-state index contributed by atoms with van der Waals surface area (Å²) in [5.74, 6) is -0.594. The number of hydrogen-bond acceptors (Lipinski definition) is 7. The number of rotatable bonds is 8. The highest BCUT2D eigenvalue weighted by Crippen LogP contribution is 2.37. The highest BCUT2D eigenvalue weighted by Gasteiger charge is 2.53. The van der Waals surface area contributed by atoms with E-state index in [-0.39, 0.29) is 11.6 Å². The van der Waals surface area contributed by atoms with Crippen LogP contribution < -0.4 is 10.4 Å². The normalized spacial score (nSPS) is 24.9. The number of ether oxygens (including phenoxy) is 3. The van der Waals surface area contributed by atoms with Crippen molar-refractivity contribution >= 4 is 24.7 Å². The lowest BCUT2D eigenvalue weighted by molar-refractivity contribution is -0.261. The molecule has 1 aliphatic rings. The molecule has 2 aromatic rings. The van der Waals surface area contributed by atoms with E-state index in [1.54, 1.807) is 0 Å². The van der Waals surface area contributed by atoms with E-state index < -0.39 is 44.9 Å². The summed E-state index contributed by atoms with van der Waals surface area (Å²) in [6.45, 7) is 7.71. The maximum atomic E-state index is 11.9. The predicted octanol–water partition coefficient (Wildman–Crippen LogP) is 2.91. The summed E-state index contributed by atoms with van der Waals surface area (Å²) in [4.78, 5) is 14.6. The Hall–Kier alpha value is -2.72. The molecular weight excluding hydrogens is 466 g/mol. The lowest BCUT2D eigenvalue weighted by Crippen LogP contribution is -2.68. The van der Waals surface area contributed by atoms with Crippen LogP contribution >= 0.6 is 0 Å². The standard InChI is InChI=1S/C25H33N3O6Si/c1-17(29)33-23-20(34-24(31-5)21(22(23)30)27-28-26)16-32-35(25(2,3)4,18-12-8-6-9-13-18)19-14-10-7-11-15-19/h6-15,20-24,30H,16H2,1-5H3/t20-,21-,22-,23+,24-/m0/s1. The van der Waals surface area contributed by atoms with Gasteiger partial charge < -0.3 is 23.7 Å². The fourth-order valence-corrected chi connectivity index (χ4v) is 9.29. The molecule has 9 nitrogen and oxygen atoms in total. The number of carbonyl (C=O) groups excluding carboxylic acids is 1. The van der Waals surface area contributed by atoms with Crippen LogP contribution in [0.25, 0.3) is 10.4 Å². The largest absolute Gasteiger partial charge is 0.457 e. The zero-order chi connectivity index (χ0) is 25.6. The van der Waals surface area contributed by atoms with Crippen molar-refractivity contribution in [3.05, 3.63) is 71.1 Å². The van der Waals surface area contributed by atoms with Gasteiger partial charge in [0, 0.05) is 18.9 Å². The third-order valence-corrected chi connectivity index (χ3v) is 11.2. The summed E-state index contributed by atoms with van der Waals surface area (Å²) in [5, 5.41) is 16.4. The number of methoxy groups -OCH3 is 1. The Kier molecular flexibility index (Phi) is 8.71. The smallest absolute Gasteiger partial charge is 0.303 e. The van der Waals surface area contributed by atoms with Gasteiger partial charge in [-0.3, -0.25) is 4.79 Å². The van der Waals surface area contributed by atoms with E-state index in [0.29, 0.717) is 0 Å². The maximum Gasteiger partial charge on any atom is 0.303 e. The molecule has 10 heteroatoms. The maximum absolute atomic E-state index is 11.9. The molecule has 0 unspecified atom stereocenters. The van der Waals surface area contributed by atoms with Crippen molar-refractivity contribution in [2.45, 2.75) is 63.4 Å². The van der Waals surface area contributed by atoms with Crippen molar-refractivity contribution in [3.8, 4) is 0 Å². The summed E-state index contributed by atoms with van der Waals surface area (Å²) >= 11 is 0. The zero-order valence-electron chi connectivity index (χ0n) is 20.7. The molecule has 0 bridgehead atoms. The monoisotopic (exact) mass is 499 g/mol. The third kappa shape index (κ3) is 5.59. The molecule has 1 aliphatic heterocycles. The van der Waals surface area contributed by atoms with Crippen LogP contribution in [0, 0.1) is 0 Å². The number of nitrogens with zero attached hydrogens (tertiary/aromatic N) is 3. The Balaban J connectivity index is 2.05. The van der Waals surface area contributed by atoms with E-state index >= 15 is 0 Å². The molecule has 5 atom stereocenters. The first-order valence-corrected chi connectivity index (χ1v) is 13.4. The molecule has 3 rings (SSSR count). The number of esters is 1. The lowest BCUT2D eigenvalue weighted by atomic mass is 9.97. The zero-order valence-corrected chi connectivity index (χ0v) is 21.7. The molecule has 0 amide bonds. The van der Waals surface area contributed by atoms with Gasteiger partial charge in [-0.05, 0) is 20.9 Å². The van der Waals surface area contributed by atoms with Crippen molar-refractivity contribution < 1.29 is 28.5 Å². The Morgan fingerprint density at radius 3 is 2.09 bits per heavy atom. The van der Waals surface area contributed by atoms with Crippen LogP contribution in [0.2, 0.25) is 5.04 Å². The number of aliphatic hydroxyl groups is 1. The molecular formula is C25H33N3O6Si. The molecule has 0 aliphatic carbocycles. The average molecular weight is 500 g/mol. The van der Waals surface area contributed by atoms with Gasteiger partial charge in [-0.25, -0.2) is 0 Å². The van der Waals surface area contributed by atoms with Crippen molar-refractivity contribution in [2.75, 3.05) is 13.7 Å². The first kappa shape index (κ1) is 26.9. The van der Waals surface area contributed by atoms with E-state index in [9.17, 15) is 9.90 Å². The van der Waals surface area contributed by atoms with Crippen molar-refractivity contribution in [1.29, 1.82) is 0 Å². The van der Waals surface area contributed by atoms with E-state index in [2.05, 4.69) is 55.1 Å². The predicted molar refractivity (Wildman–Crippen MR) is 134 cm³/mol. The van der Waals surface area contributed by atoms with Gasteiger partial charge in [-0.15, -0.1) is 0 Å². The minimum Gasteiger partial charge on any atom is -0.457 e. The Bertz CT molecular complexity index is 987. The van der Waals surface area contributed by atoms with Gasteiger partial charge >= 0.3 is 5.97 Å². The molecule has 1 heterocycles. The van der Waals surface area contributed by atoms with Crippen LogP contribution in [0.3, 0.4) is 0 Å². The molecule has 1 fully saturated rings. The first-order chi connectivity index (χ1) is 16.7. The van der Waals surface area contributed by atoms with Gasteiger partial charge in [-0.2, -0.15) is 0 Å². The van der Waals surface area contributed by atoms with Gasteiger partial charge in [0.2, 0.25) is 0 Å². The van der Waals surface area contributed by atoms with Gasteiger partial charge in [0.25, 0.3) is 8.32 Å². The van der Waals surface area contributed by atoms with E-state index in [0.717, 1.165) is 10.4 Å². The second kappa shape index (κ2) is 11.3. The molecule has 188 valence electrons. The number of aliphatic hydroxyl groups excluding tert-OH is 1. The molecule has 0 spiro atoms. The first-order valence-electron chi connectivity index (χ1n) is 11.5. The summed E-state index contributed by atoms with van der Waals surface area (Å²) in [7, 11) is -1.52. The summed E-state index contributed by atoms with van der Waals surface area (Å²) in [6.07, 6.45) is -4.32. The van der Waals surface area contributed by atoms with Crippen molar-refractivity contribution in [2.24, 2.45) is 5.11 Å². The summed E-state index contributed by atoms with van der Waals surface area (Å²) < 4.78 is 23.7. The minimum atomic E-state index is -2.91.